The van der Waals surface area contributed by atoms with E-state index in [1.165, 1.54) is 37.3 Å². The summed E-state index contributed by atoms with van der Waals surface area (Å²) in [6.45, 7) is 2.62. The number of hydrogen-bond donors (Lipinski definition) is 13. The minimum Gasteiger partial charge on any atom is -0.480 e. The monoisotopic (exact) mass is 998 g/mol. The normalized spacial score (nSPS) is 19.8. The maximum Gasteiger partial charge on any atom is 0.326 e. The second-order valence-electron chi connectivity index (χ2n) is 17.1. The van der Waals surface area contributed by atoms with Crippen LogP contribution in [0.3, 0.4) is 0 Å². The summed E-state index contributed by atoms with van der Waals surface area (Å²) in [6.07, 6.45) is 3.70. The summed E-state index contributed by atoms with van der Waals surface area (Å²) in [7, 11) is 0. The molecule has 3 heterocycles. The third kappa shape index (κ3) is 16.8. The van der Waals surface area contributed by atoms with Gasteiger partial charge in [-0.05, 0) is 55.4 Å². The average Bonchev–Trinajstić information content (AvgIpc) is 4.02. The van der Waals surface area contributed by atoms with E-state index in [0.717, 1.165) is 10.8 Å². The summed E-state index contributed by atoms with van der Waals surface area (Å²) in [5.41, 5.74) is 23.2. The fraction of sp³-hybridized carbons (Fsp3) is 0.444. The molecule has 72 heavy (non-hydrogen) atoms. The third-order valence-corrected chi connectivity index (χ3v) is 11.5. The van der Waals surface area contributed by atoms with Gasteiger partial charge in [0.2, 0.25) is 41.4 Å². The van der Waals surface area contributed by atoms with Gasteiger partial charge >= 0.3 is 5.97 Å². The summed E-state index contributed by atoms with van der Waals surface area (Å²) in [5, 5.41) is 38.5. The van der Waals surface area contributed by atoms with Gasteiger partial charge in [0.05, 0.1) is 18.2 Å². The number of aryl methyl sites for hydroxylation is 1. The summed E-state index contributed by atoms with van der Waals surface area (Å²) in [6, 6.07) is 3.38. The van der Waals surface area contributed by atoms with Gasteiger partial charge in [-0.2, -0.15) is 0 Å². The van der Waals surface area contributed by atoms with Crippen molar-refractivity contribution in [2.45, 2.75) is 114 Å². The number of aromatic nitrogens is 5. The number of guanidine groups is 2. The second kappa shape index (κ2) is 26.4. The lowest BCUT2D eigenvalue weighted by Crippen LogP contribution is -2.60. The van der Waals surface area contributed by atoms with Crippen LogP contribution in [0.2, 0.25) is 0 Å². The molecule has 27 nitrogen and oxygen atoms in total. The van der Waals surface area contributed by atoms with E-state index in [-0.39, 0.29) is 82.2 Å². The number of carboxylic acids is 1. The average molecular weight is 999 g/mol. The van der Waals surface area contributed by atoms with Crippen LogP contribution in [0.1, 0.15) is 62.9 Å². The van der Waals surface area contributed by atoms with Gasteiger partial charge in [-0.15, -0.1) is 5.10 Å². The van der Waals surface area contributed by atoms with E-state index in [2.05, 4.69) is 67.5 Å². The molecule has 2 aromatic heterocycles. The SMILES string of the molecule is CC(=O)N[C@@H](CCCN=C(N)N)C(=O)N[C@@H](C)C(=O)N[C@H]1CCn2nncc2C[C@H](C(=O)O)NC(=O)[C@H](Cc2cnc[nH]2)NC(=O)[C@H](Cc2ccc3ccccc3c2)NC(=O)[C@H](CCCN=C(N)N)NC1=O. The molecular weight excluding hydrogens is 937 g/mol. The molecule has 1 aliphatic heterocycles. The number of aliphatic imine (C=N–C) groups is 2. The van der Waals surface area contributed by atoms with Gasteiger partial charge in [-0.25, -0.2) is 14.5 Å². The van der Waals surface area contributed by atoms with E-state index in [1.54, 1.807) is 6.07 Å². The number of hydrogen-bond acceptors (Lipinski definition) is 13. The largest absolute Gasteiger partial charge is 0.480 e. The number of amides is 7. The van der Waals surface area contributed by atoms with Crippen molar-refractivity contribution in [3.05, 3.63) is 78.1 Å². The predicted octanol–water partition coefficient (Wildman–Crippen LogP) is -3.79. The smallest absolute Gasteiger partial charge is 0.326 e. The van der Waals surface area contributed by atoms with Crippen molar-refractivity contribution in [1.29, 1.82) is 0 Å². The van der Waals surface area contributed by atoms with E-state index >= 15 is 0 Å². The highest BCUT2D eigenvalue weighted by atomic mass is 16.4. The number of benzene rings is 2. The Hall–Kier alpha value is -8.65. The first-order valence-corrected chi connectivity index (χ1v) is 23.1. The van der Waals surface area contributed by atoms with Crippen LogP contribution < -0.4 is 60.2 Å². The molecule has 27 heteroatoms. The third-order valence-electron chi connectivity index (χ3n) is 11.5. The molecule has 0 spiro atoms. The molecule has 0 saturated carbocycles. The fourth-order valence-corrected chi connectivity index (χ4v) is 7.75. The van der Waals surface area contributed by atoms with Crippen LogP contribution in [0.5, 0.6) is 0 Å². The highest BCUT2D eigenvalue weighted by molar-refractivity contribution is 5.97. The number of H-pyrrole nitrogens is 1. The van der Waals surface area contributed by atoms with E-state index in [4.69, 9.17) is 22.9 Å². The number of aliphatic carboxylic acids is 1. The summed E-state index contributed by atoms with van der Waals surface area (Å²) in [5.74, 6) is -7.26. The maximum atomic E-state index is 14.6. The van der Waals surface area contributed by atoms with E-state index in [1.807, 2.05) is 36.4 Å². The lowest BCUT2D eigenvalue weighted by Gasteiger charge is -2.28. The van der Waals surface area contributed by atoms with Crippen molar-refractivity contribution in [3.8, 4) is 0 Å². The number of nitrogens with one attached hydrogen (secondary N) is 8. The zero-order chi connectivity index (χ0) is 52.3. The van der Waals surface area contributed by atoms with Crippen molar-refractivity contribution in [2.75, 3.05) is 13.1 Å². The molecule has 17 N–H and O–H groups in total. The van der Waals surface area contributed by atoms with Crippen molar-refractivity contribution < 1.29 is 43.5 Å². The molecule has 0 bridgehead atoms. The zero-order valence-electron chi connectivity index (χ0n) is 39.8. The lowest BCUT2D eigenvalue weighted by atomic mass is 9.99. The van der Waals surface area contributed by atoms with Gasteiger partial charge in [0.15, 0.2) is 11.9 Å². The number of rotatable bonds is 18. The summed E-state index contributed by atoms with van der Waals surface area (Å²) >= 11 is 0. The molecule has 7 amide bonds. The maximum absolute atomic E-state index is 14.6. The topological polar surface area (TPSA) is 429 Å². The van der Waals surface area contributed by atoms with Gasteiger partial charge in [-0.1, -0.05) is 47.7 Å². The highest BCUT2D eigenvalue weighted by Crippen LogP contribution is 2.18. The van der Waals surface area contributed by atoms with Gasteiger partial charge in [-0.3, -0.25) is 43.5 Å². The minimum absolute atomic E-state index is 0.0466. The molecule has 386 valence electrons. The molecular formula is C45H62N18O9. The first-order chi connectivity index (χ1) is 34.4. The highest BCUT2D eigenvalue weighted by Gasteiger charge is 2.35. The zero-order valence-corrected chi connectivity index (χ0v) is 39.8. The van der Waals surface area contributed by atoms with Crippen molar-refractivity contribution in [2.24, 2.45) is 32.9 Å². The minimum atomic E-state index is -1.58. The van der Waals surface area contributed by atoms with Crippen LogP contribution in [0.25, 0.3) is 10.8 Å². The van der Waals surface area contributed by atoms with Gasteiger partial charge in [0, 0.05) is 57.7 Å². The molecule has 1 aliphatic rings. The number of nitrogens with two attached hydrogens (primary N) is 4. The van der Waals surface area contributed by atoms with Crippen LogP contribution in [-0.2, 0) is 64.2 Å². The number of carbonyl (C=O) groups excluding carboxylic acids is 7. The van der Waals surface area contributed by atoms with Gasteiger partial charge in [0.25, 0.3) is 0 Å². The van der Waals surface area contributed by atoms with Crippen LogP contribution in [0.4, 0.5) is 0 Å². The van der Waals surface area contributed by atoms with E-state index < -0.39 is 89.6 Å². The van der Waals surface area contributed by atoms with E-state index in [0.29, 0.717) is 17.7 Å². The first-order valence-electron chi connectivity index (χ1n) is 23.1. The molecule has 2 aromatic carbocycles. The Kier molecular flexibility index (Phi) is 19.9. The van der Waals surface area contributed by atoms with Crippen molar-refractivity contribution in [3.63, 3.8) is 0 Å². The predicted molar refractivity (Wildman–Crippen MR) is 261 cm³/mol. The van der Waals surface area contributed by atoms with E-state index in [9.17, 15) is 43.5 Å². The summed E-state index contributed by atoms with van der Waals surface area (Å²) < 4.78 is 1.28. The first kappa shape index (κ1) is 54.3. The van der Waals surface area contributed by atoms with Gasteiger partial charge < -0.3 is 70.2 Å². The van der Waals surface area contributed by atoms with Crippen molar-refractivity contribution in [1.82, 2.24) is 62.2 Å². The van der Waals surface area contributed by atoms with Crippen LogP contribution in [0, 0.1) is 0 Å². The van der Waals surface area contributed by atoms with Crippen LogP contribution in [0.15, 0.2) is 71.2 Å². The Morgan fingerprint density at radius 2 is 1.46 bits per heavy atom. The number of nitrogens with zero attached hydrogens (tertiary/aromatic N) is 6. The second-order valence-corrected chi connectivity index (χ2v) is 17.1. The molecule has 0 saturated heterocycles. The summed E-state index contributed by atoms with van der Waals surface area (Å²) in [4.78, 5) is 124. The molecule has 4 aromatic rings. The molecule has 0 fully saturated rings. The fourth-order valence-electron chi connectivity index (χ4n) is 7.75. The molecule has 0 aliphatic carbocycles. The standard InChI is InChI=1S/C45H62N18O9/c1-24(55-38(66)31(56-25(2)64)9-5-14-51-44(46)47)37(65)57-33-13-16-63-30(22-54-62-63)20-36(43(71)72)61-42(70)35(19-29-21-50-23-53-29)60-41(69)34(18-26-11-12-27-7-3-4-8-28(27)17-26)59-39(67)32(58-40(33)68)10-6-15-52-45(48)49/h3-4,7-8,11-12,17,21-24,31-36H,5-6,9-10,13-16,18-20H2,1-2H3,(H,50,53)(H,55,66)(H,56,64)(H,57,65)(H,58,68)(H,59,67)(H,60,69)(H,61,70)(H,71,72)(H4,46,47,51)(H4,48,49,52)/t24-,31-,32-,33-,34-,35-,36+/m0/s1. The van der Waals surface area contributed by atoms with Crippen LogP contribution in [-0.4, -0.2) is 145 Å². The number of carbonyl (C=O) groups is 8. The Labute approximate surface area is 412 Å². The van der Waals surface area contributed by atoms with Gasteiger partial charge in [0.1, 0.15) is 42.3 Å². The Bertz CT molecular complexity index is 2610. The van der Waals surface area contributed by atoms with Crippen LogP contribution >= 0.6 is 0 Å². The number of aromatic amines is 1. The Morgan fingerprint density at radius 1 is 0.806 bits per heavy atom. The Balaban J connectivity index is 1.51. The molecule has 5 rings (SSSR count). The number of imidazole rings is 1. The lowest BCUT2D eigenvalue weighted by molar-refractivity contribution is -0.142. The number of fused-ring (bicyclic) bond motifs is 2. The quantitative estimate of drug-likeness (QED) is 0.0258. The molecule has 7 atom stereocenters. The van der Waals surface area contributed by atoms with Crippen molar-refractivity contribution >= 4 is 70.0 Å². The Morgan fingerprint density at radius 3 is 2.12 bits per heavy atom. The number of carboxylic acid groups (broad SMARTS) is 1. The molecule has 0 unspecified atom stereocenters. The molecule has 0 radical (unpaired) electrons.